The van der Waals surface area contributed by atoms with Gasteiger partial charge in [0.05, 0.1) is 10.8 Å². The van der Waals surface area contributed by atoms with E-state index in [4.69, 9.17) is 0 Å². The Hall–Kier alpha value is -1.86. The topological polar surface area (TPSA) is 60.9 Å². The molecule has 3 amide bonds. The van der Waals surface area contributed by atoms with Crippen molar-refractivity contribution in [1.29, 1.82) is 0 Å². The van der Waals surface area contributed by atoms with Crippen LogP contribution in [0.3, 0.4) is 0 Å². The van der Waals surface area contributed by atoms with Gasteiger partial charge in [0.1, 0.15) is 0 Å². The Balaban J connectivity index is 1.75. The summed E-state index contributed by atoms with van der Waals surface area (Å²) in [4.78, 5) is 43.9. The quantitative estimate of drug-likeness (QED) is 0.722. The molecule has 0 saturated carbocycles. The van der Waals surface area contributed by atoms with Crippen LogP contribution in [-0.4, -0.2) is 76.9 Å². The van der Waals surface area contributed by atoms with Gasteiger partial charge in [0.15, 0.2) is 0 Å². The fourth-order valence-corrected chi connectivity index (χ4v) is 4.84. The molecule has 2 heterocycles. The van der Waals surface area contributed by atoms with Crippen molar-refractivity contribution in [2.45, 2.75) is 36.8 Å². The molecule has 0 aromatic heterocycles. The number of carbonyl (C=O) groups is 3. The molecular weight excluding hydrogens is 362 g/mol. The van der Waals surface area contributed by atoms with E-state index in [1.165, 1.54) is 16.7 Å². The van der Waals surface area contributed by atoms with Gasteiger partial charge in [-0.2, -0.15) is 0 Å². The van der Waals surface area contributed by atoms with Gasteiger partial charge in [-0.15, -0.1) is 11.8 Å². The van der Waals surface area contributed by atoms with Crippen LogP contribution >= 0.6 is 11.8 Å². The largest absolute Gasteiger partial charge is 0.337 e. The number of thioether (sulfide) groups is 1. The van der Waals surface area contributed by atoms with Gasteiger partial charge in [-0.1, -0.05) is 19.1 Å². The second kappa shape index (κ2) is 8.89. The summed E-state index contributed by atoms with van der Waals surface area (Å²) in [5.41, 5.74) is 0.627. The van der Waals surface area contributed by atoms with Crippen molar-refractivity contribution in [3.05, 3.63) is 29.8 Å². The summed E-state index contributed by atoms with van der Waals surface area (Å²) in [7, 11) is 0. The van der Waals surface area contributed by atoms with Crippen LogP contribution in [0.15, 0.2) is 29.2 Å². The summed E-state index contributed by atoms with van der Waals surface area (Å²) < 4.78 is 0. The van der Waals surface area contributed by atoms with E-state index in [2.05, 4.69) is 11.8 Å². The molecule has 0 bridgehead atoms. The second-order valence-electron chi connectivity index (χ2n) is 6.86. The number of hydrogen-bond acceptors (Lipinski definition) is 5. The van der Waals surface area contributed by atoms with Gasteiger partial charge < -0.3 is 9.80 Å². The third-order valence-corrected chi connectivity index (χ3v) is 6.49. The molecule has 1 aromatic carbocycles. The van der Waals surface area contributed by atoms with Crippen molar-refractivity contribution < 1.29 is 14.4 Å². The highest BCUT2D eigenvalue weighted by atomic mass is 32.2. The number of likely N-dealkylation sites (tertiary alicyclic amines) is 1. The lowest BCUT2D eigenvalue weighted by atomic mass is 10.2. The van der Waals surface area contributed by atoms with E-state index in [-0.39, 0.29) is 24.1 Å². The average molecular weight is 390 g/mol. The number of imide groups is 1. The number of hydrogen-bond donors (Lipinski definition) is 0. The fraction of sp³-hybridized carbons (Fsp3) is 0.550. The molecule has 0 radical (unpaired) electrons. The van der Waals surface area contributed by atoms with Crippen molar-refractivity contribution in [3.8, 4) is 0 Å². The number of nitrogens with zero attached hydrogens (tertiary/aromatic N) is 3. The molecule has 2 aliphatic heterocycles. The van der Waals surface area contributed by atoms with Gasteiger partial charge in [-0.05, 0) is 38.6 Å². The van der Waals surface area contributed by atoms with Crippen molar-refractivity contribution in [2.24, 2.45) is 0 Å². The van der Waals surface area contributed by atoms with E-state index < -0.39 is 5.25 Å². The predicted molar refractivity (Wildman–Crippen MR) is 106 cm³/mol. The molecule has 7 heteroatoms. The summed E-state index contributed by atoms with van der Waals surface area (Å²) in [6.07, 6.45) is 1.17. The molecule has 27 heavy (non-hydrogen) atoms. The van der Waals surface area contributed by atoms with Crippen molar-refractivity contribution in [1.82, 2.24) is 14.7 Å². The summed E-state index contributed by atoms with van der Waals surface area (Å²) in [5.74, 6) is -0.265. The molecule has 146 valence electrons. The molecule has 0 N–H and O–H groups in total. The van der Waals surface area contributed by atoms with Crippen LogP contribution < -0.4 is 0 Å². The van der Waals surface area contributed by atoms with E-state index in [9.17, 15) is 14.4 Å². The van der Waals surface area contributed by atoms with Crippen LogP contribution in [0.1, 0.15) is 37.0 Å². The summed E-state index contributed by atoms with van der Waals surface area (Å²) in [6, 6.07) is 7.43. The van der Waals surface area contributed by atoms with Crippen molar-refractivity contribution >= 4 is 29.5 Å². The Morgan fingerprint density at radius 3 is 2.56 bits per heavy atom. The average Bonchev–Trinajstić information content (AvgIpc) is 2.84. The SMILES string of the molecule is CCN1CCCN(C(=O)c2ccccc2S[C@H]2CC(=O)N(CC)C2=O)CC1. The Bertz CT molecular complexity index is 724. The lowest BCUT2D eigenvalue weighted by Crippen LogP contribution is -2.35. The zero-order chi connectivity index (χ0) is 19.4. The number of amides is 3. The minimum atomic E-state index is -0.439. The molecule has 2 aliphatic rings. The van der Waals surface area contributed by atoms with E-state index in [0.29, 0.717) is 12.1 Å². The van der Waals surface area contributed by atoms with Crippen LogP contribution in [-0.2, 0) is 9.59 Å². The molecule has 0 unspecified atom stereocenters. The van der Waals surface area contributed by atoms with Crippen LogP contribution in [0.2, 0.25) is 0 Å². The number of likely N-dealkylation sites (N-methyl/N-ethyl adjacent to an activating group) is 1. The maximum atomic E-state index is 13.1. The molecule has 1 aromatic rings. The zero-order valence-corrected chi connectivity index (χ0v) is 16.8. The van der Waals surface area contributed by atoms with Gasteiger partial charge in [-0.25, -0.2) is 0 Å². The van der Waals surface area contributed by atoms with Gasteiger partial charge >= 0.3 is 0 Å². The normalized spacial score (nSPS) is 21.6. The van der Waals surface area contributed by atoms with Gasteiger partial charge in [0.2, 0.25) is 11.8 Å². The van der Waals surface area contributed by atoms with E-state index in [1.54, 1.807) is 6.92 Å². The first kappa shape index (κ1) is 19.9. The first-order valence-electron chi connectivity index (χ1n) is 9.66. The predicted octanol–water partition coefficient (Wildman–Crippen LogP) is 2.09. The molecular formula is C20H27N3O3S. The Labute approximate surface area is 164 Å². The molecule has 0 spiro atoms. The maximum absolute atomic E-state index is 13.1. The smallest absolute Gasteiger partial charge is 0.255 e. The van der Waals surface area contributed by atoms with Crippen molar-refractivity contribution in [2.75, 3.05) is 39.3 Å². The maximum Gasteiger partial charge on any atom is 0.255 e. The minimum Gasteiger partial charge on any atom is -0.337 e. The van der Waals surface area contributed by atoms with E-state index in [0.717, 1.165) is 44.0 Å². The summed E-state index contributed by atoms with van der Waals surface area (Å²) in [5, 5.41) is -0.439. The lowest BCUT2D eigenvalue weighted by Gasteiger charge is -2.22. The highest BCUT2D eigenvalue weighted by Crippen LogP contribution is 2.34. The van der Waals surface area contributed by atoms with E-state index >= 15 is 0 Å². The molecule has 2 fully saturated rings. The minimum absolute atomic E-state index is 0.0140. The Morgan fingerprint density at radius 2 is 1.85 bits per heavy atom. The van der Waals surface area contributed by atoms with Crippen LogP contribution in [0.4, 0.5) is 0 Å². The highest BCUT2D eigenvalue weighted by molar-refractivity contribution is 8.00. The van der Waals surface area contributed by atoms with Crippen LogP contribution in [0.5, 0.6) is 0 Å². The Kier molecular flexibility index (Phi) is 6.55. The number of rotatable bonds is 5. The molecule has 1 atom stereocenters. The fourth-order valence-electron chi connectivity index (χ4n) is 3.64. The van der Waals surface area contributed by atoms with Gasteiger partial charge in [-0.3, -0.25) is 19.3 Å². The standard InChI is InChI=1S/C20H27N3O3S/c1-3-21-10-7-11-22(13-12-21)19(25)15-8-5-6-9-16(15)27-17-14-18(24)23(4-2)20(17)26/h5-6,8-9,17H,3-4,7,10-14H2,1-2H3/t17-/m0/s1. The summed E-state index contributed by atoms with van der Waals surface area (Å²) >= 11 is 1.34. The first-order chi connectivity index (χ1) is 13.0. The van der Waals surface area contributed by atoms with E-state index in [1.807, 2.05) is 29.2 Å². The molecule has 0 aliphatic carbocycles. The van der Waals surface area contributed by atoms with Gasteiger partial charge in [0.25, 0.3) is 5.91 Å². The third kappa shape index (κ3) is 4.35. The highest BCUT2D eigenvalue weighted by Gasteiger charge is 2.38. The lowest BCUT2D eigenvalue weighted by molar-refractivity contribution is -0.137. The Morgan fingerprint density at radius 1 is 1.07 bits per heavy atom. The number of benzene rings is 1. The molecule has 3 rings (SSSR count). The van der Waals surface area contributed by atoms with Crippen LogP contribution in [0.25, 0.3) is 0 Å². The summed E-state index contributed by atoms with van der Waals surface area (Å²) in [6.45, 7) is 8.72. The molecule has 2 saturated heterocycles. The molecule has 6 nitrogen and oxygen atoms in total. The first-order valence-corrected chi connectivity index (χ1v) is 10.5. The monoisotopic (exact) mass is 389 g/mol. The third-order valence-electron chi connectivity index (χ3n) is 5.23. The number of carbonyl (C=O) groups excluding carboxylic acids is 3. The second-order valence-corrected chi connectivity index (χ2v) is 8.11. The van der Waals surface area contributed by atoms with Crippen LogP contribution in [0, 0.1) is 0 Å². The van der Waals surface area contributed by atoms with Crippen molar-refractivity contribution in [3.63, 3.8) is 0 Å². The van der Waals surface area contributed by atoms with Gasteiger partial charge in [0, 0.05) is 37.5 Å². The zero-order valence-electron chi connectivity index (χ0n) is 16.0.